The van der Waals surface area contributed by atoms with Crippen molar-refractivity contribution in [2.24, 2.45) is 0 Å². The lowest BCUT2D eigenvalue weighted by Crippen LogP contribution is -2.25. The van der Waals surface area contributed by atoms with Gasteiger partial charge in [0.25, 0.3) is 5.91 Å². The van der Waals surface area contributed by atoms with Crippen LogP contribution in [0.15, 0.2) is 42.5 Å². The van der Waals surface area contributed by atoms with Crippen LogP contribution in [0.2, 0.25) is 5.02 Å². The van der Waals surface area contributed by atoms with E-state index in [2.05, 4.69) is 16.7 Å². The van der Waals surface area contributed by atoms with E-state index >= 15 is 0 Å². The summed E-state index contributed by atoms with van der Waals surface area (Å²) in [6.07, 6.45) is 0.996. The van der Waals surface area contributed by atoms with E-state index in [4.69, 9.17) is 11.6 Å². The maximum Gasteiger partial charge on any atom is 0.255 e. The van der Waals surface area contributed by atoms with Gasteiger partial charge in [0, 0.05) is 22.8 Å². The van der Waals surface area contributed by atoms with E-state index in [0.717, 1.165) is 25.2 Å². The van der Waals surface area contributed by atoms with Crippen molar-refractivity contribution in [3.63, 3.8) is 0 Å². The second-order valence-corrected chi connectivity index (χ2v) is 5.27. The van der Waals surface area contributed by atoms with Gasteiger partial charge in [-0.2, -0.15) is 0 Å². The molecule has 20 heavy (non-hydrogen) atoms. The Morgan fingerprint density at radius 2 is 2.05 bits per heavy atom. The van der Waals surface area contributed by atoms with E-state index in [9.17, 15) is 4.79 Å². The van der Waals surface area contributed by atoms with Crippen molar-refractivity contribution in [2.45, 2.75) is 13.0 Å². The van der Waals surface area contributed by atoms with Gasteiger partial charge in [-0.15, -0.1) is 0 Å². The molecule has 0 saturated heterocycles. The molecule has 2 aromatic carbocycles. The lowest BCUT2D eigenvalue weighted by atomic mass is 9.99. The average Bonchev–Trinajstić information content (AvgIpc) is 2.47. The molecule has 2 aromatic rings. The molecule has 102 valence electrons. The second-order valence-electron chi connectivity index (χ2n) is 4.83. The second kappa shape index (κ2) is 5.65. The molecule has 3 nitrogen and oxygen atoms in total. The van der Waals surface area contributed by atoms with Gasteiger partial charge in [-0.05, 0) is 48.4 Å². The third kappa shape index (κ3) is 2.69. The first-order valence-corrected chi connectivity index (χ1v) is 7.00. The van der Waals surface area contributed by atoms with Crippen LogP contribution in [0.4, 0.5) is 5.69 Å². The van der Waals surface area contributed by atoms with Gasteiger partial charge in [0.15, 0.2) is 0 Å². The minimum Gasteiger partial charge on any atom is -0.322 e. The zero-order chi connectivity index (χ0) is 13.9. The fourth-order valence-electron chi connectivity index (χ4n) is 2.46. The van der Waals surface area contributed by atoms with Crippen molar-refractivity contribution in [1.82, 2.24) is 5.32 Å². The number of carbonyl (C=O) groups excluding carboxylic acids is 1. The number of fused-ring (bicyclic) bond motifs is 1. The van der Waals surface area contributed by atoms with Gasteiger partial charge in [-0.1, -0.05) is 29.8 Å². The van der Waals surface area contributed by atoms with E-state index < -0.39 is 0 Å². The lowest BCUT2D eigenvalue weighted by molar-refractivity contribution is 0.102. The highest BCUT2D eigenvalue weighted by atomic mass is 35.5. The van der Waals surface area contributed by atoms with Gasteiger partial charge < -0.3 is 10.6 Å². The number of halogens is 1. The first kappa shape index (κ1) is 13.2. The van der Waals surface area contributed by atoms with Gasteiger partial charge >= 0.3 is 0 Å². The fourth-order valence-corrected chi connectivity index (χ4v) is 2.65. The SMILES string of the molecule is O=C(Nc1cccc2c1CNCC2)c1cccc(Cl)c1. The number of amides is 1. The molecule has 1 heterocycles. The summed E-state index contributed by atoms with van der Waals surface area (Å²) in [6.45, 7) is 1.78. The van der Waals surface area contributed by atoms with Crippen LogP contribution in [-0.4, -0.2) is 12.5 Å². The van der Waals surface area contributed by atoms with Crippen molar-refractivity contribution in [2.75, 3.05) is 11.9 Å². The molecule has 0 aliphatic carbocycles. The van der Waals surface area contributed by atoms with Crippen LogP contribution in [0.25, 0.3) is 0 Å². The van der Waals surface area contributed by atoms with Gasteiger partial charge in [0.2, 0.25) is 0 Å². The Labute approximate surface area is 123 Å². The highest BCUT2D eigenvalue weighted by Crippen LogP contribution is 2.23. The molecular weight excluding hydrogens is 272 g/mol. The molecule has 4 heteroatoms. The summed E-state index contributed by atoms with van der Waals surface area (Å²) in [6, 6.07) is 13.0. The van der Waals surface area contributed by atoms with E-state index in [0.29, 0.717) is 10.6 Å². The fraction of sp³-hybridized carbons (Fsp3) is 0.188. The molecule has 0 aromatic heterocycles. The largest absolute Gasteiger partial charge is 0.322 e. The number of anilines is 1. The molecule has 3 rings (SSSR count). The molecule has 0 spiro atoms. The predicted octanol–water partition coefficient (Wildman–Crippen LogP) is 3.24. The van der Waals surface area contributed by atoms with Crippen LogP contribution in [0.5, 0.6) is 0 Å². The molecule has 0 atom stereocenters. The average molecular weight is 287 g/mol. The molecule has 0 unspecified atom stereocenters. The van der Waals surface area contributed by atoms with Crippen LogP contribution in [-0.2, 0) is 13.0 Å². The summed E-state index contributed by atoms with van der Waals surface area (Å²) in [5.74, 6) is -0.133. The number of carbonyl (C=O) groups is 1. The monoisotopic (exact) mass is 286 g/mol. The normalized spacial score (nSPS) is 13.7. The Hall–Kier alpha value is -1.84. The van der Waals surface area contributed by atoms with Crippen molar-refractivity contribution >= 4 is 23.2 Å². The quantitative estimate of drug-likeness (QED) is 0.890. The molecule has 0 fully saturated rings. The Kier molecular flexibility index (Phi) is 3.72. The zero-order valence-corrected chi connectivity index (χ0v) is 11.7. The Morgan fingerprint density at radius 1 is 1.20 bits per heavy atom. The van der Waals surface area contributed by atoms with E-state index in [1.54, 1.807) is 24.3 Å². The van der Waals surface area contributed by atoms with Crippen molar-refractivity contribution < 1.29 is 4.79 Å². The van der Waals surface area contributed by atoms with Crippen LogP contribution in [0.3, 0.4) is 0 Å². The maximum atomic E-state index is 12.3. The topological polar surface area (TPSA) is 41.1 Å². The van der Waals surface area contributed by atoms with Crippen molar-refractivity contribution in [1.29, 1.82) is 0 Å². The lowest BCUT2D eigenvalue weighted by Gasteiger charge is -2.20. The van der Waals surface area contributed by atoms with Gasteiger partial charge in [0.1, 0.15) is 0 Å². The standard InChI is InChI=1S/C16H15ClN2O/c17-13-5-1-4-12(9-13)16(20)19-15-6-2-3-11-7-8-18-10-14(11)15/h1-6,9,18H,7-8,10H2,(H,19,20). The summed E-state index contributed by atoms with van der Waals surface area (Å²) < 4.78 is 0. The third-order valence-corrected chi connectivity index (χ3v) is 3.72. The van der Waals surface area contributed by atoms with Crippen molar-refractivity contribution in [3.8, 4) is 0 Å². The summed E-state index contributed by atoms with van der Waals surface area (Å²) in [4.78, 5) is 12.3. The molecule has 0 bridgehead atoms. The highest BCUT2D eigenvalue weighted by Gasteiger charge is 2.14. The first-order chi connectivity index (χ1) is 9.74. The Balaban J connectivity index is 1.86. The van der Waals surface area contributed by atoms with E-state index in [1.807, 2.05) is 12.1 Å². The maximum absolute atomic E-state index is 12.3. The summed E-state index contributed by atoms with van der Waals surface area (Å²) in [5, 5.41) is 6.87. The van der Waals surface area contributed by atoms with Gasteiger partial charge in [0.05, 0.1) is 0 Å². The minimum absolute atomic E-state index is 0.133. The third-order valence-electron chi connectivity index (χ3n) is 3.48. The van der Waals surface area contributed by atoms with Gasteiger partial charge in [-0.3, -0.25) is 4.79 Å². The zero-order valence-electron chi connectivity index (χ0n) is 10.9. The van der Waals surface area contributed by atoms with E-state index in [-0.39, 0.29) is 5.91 Å². The first-order valence-electron chi connectivity index (χ1n) is 6.62. The van der Waals surface area contributed by atoms with Crippen LogP contribution in [0.1, 0.15) is 21.5 Å². The number of hydrogen-bond donors (Lipinski definition) is 2. The predicted molar refractivity (Wildman–Crippen MR) is 81.3 cm³/mol. The highest BCUT2D eigenvalue weighted by molar-refractivity contribution is 6.31. The summed E-state index contributed by atoms with van der Waals surface area (Å²) in [7, 11) is 0. The van der Waals surface area contributed by atoms with Crippen molar-refractivity contribution in [3.05, 3.63) is 64.2 Å². The number of benzene rings is 2. The van der Waals surface area contributed by atoms with Gasteiger partial charge in [-0.25, -0.2) is 0 Å². The molecule has 2 N–H and O–H groups in total. The molecular formula is C16H15ClN2O. The summed E-state index contributed by atoms with van der Waals surface area (Å²) >= 11 is 5.92. The summed E-state index contributed by atoms with van der Waals surface area (Å²) in [5.41, 5.74) is 3.92. The molecule has 0 radical (unpaired) electrons. The van der Waals surface area contributed by atoms with Crippen LogP contribution >= 0.6 is 11.6 Å². The Bertz CT molecular complexity index is 655. The number of rotatable bonds is 2. The number of hydrogen-bond acceptors (Lipinski definition) is 2. The van der Waals surface area contributed by atoms with Crippen LogP contribution < -0.4 is 10.6 Å². The molecule has 1 amide bonds. The van der Waals surface area contributed by atoms with Crippen LogP contribution in [0, 0.1) is 0 Å². The molecule has 1 aliphatic rings. The molecule has 1 aliphatic heterocycles. The number of nitrogens with one attached hydrogen (secondary N) is 2. The molecule has 0 saturated carbocycles. The van der Waals surface area contributed by atoms with E-state index in [1.165, 1.54) is 11.1 Å². The minimum atomic E-state index is -0.133. The smallest absolute Gasteiger partial charge is 0.255 e. The Morgan fingerprint density at radius 3 is 2.90 bits per heavy atom.